The molecule has 1 spiro atoms. The van der Waals surface area contributed by atoms with Crippen LogP contribution < -0.4 is 16.4 Å². The Balaban J connectivity index is 1.14. The Morgan fingerprint density at radius 2 is 1.71 bits per heavy atom. The summed E-state index contributed by atoms with van der Waals surface area (Å²) in [6.45, 7) is 5.97. The standard InChI is InChI=1S/C56H87N3O9/c1-4-10-33-15-19-38-39-13-7-8-24-56(67,51(39)68-44(38)21-16-33)52(3,65)45-23-25-55(66)48-47-35(29-54(45,55)36-11-5-6-12-36)18-17-34(37-20-22-46(57)59-41(37)14-9-26-60)28-53(47)30-43(63)42(62)27-40(53)50(64)49(48)58-31-32(2)61/h17-18,20,22,32-36,38-40,42-47,51,58-63,65-67H,4-16,19,21,23-31,57H2,1-3H3. The maximum atomic E-state index is 15.8. The highest BCUT2D eigenvalue weighted by Crippen LogP contribution is 2.76. The third-order valence-corrected chi connectivity index (χ3v) is 21.2. The van der Waals surface area contributed by atoms with Crippen molar-refractivity contribution in [2.24, 2.45) is 69.8 Å². The lowest BCUT2D eigenvalue weighted by Crippen LogP contribution is -2.71. The van der Waals surface area contributed by atoms with E-state index in [9.17, 15) is 35.7 Å². The average Bonchev–Trinajstić information content (AvgIpc) is 3.95. The van der Waals surface area contributed by atoms with Crippen LogP contribution in [0, 0.1) is 64.1 Å². The quantitative estimate of drug-likeness (QED) is 0.103. The lowest BCUT2D eigenvalue weighted by Gasteiger charge is -2.66. The molecular formula is C56H87N3O9. The van der Waals surface area contributed by atoms with E-state index in [2.05, 4.69) is 35.8 Å². The fraction of sp³-hybridized carbons (Fsp3) is 0.839. The van der Waals surface area contributed by atoms with E-state index in [1.54, 1.807) is 6.92 Å². The molecule has 6 saturated carbocycles. The first-order valence-corrected chi connectivity index (χ1v) is 27.7. The second-order valence-corrected chi connectivity index (χ2v) is 24.6. The first kappa shape index (κ1) is 49.4. The number of ketones is 1. The highest BCUT2D eigenvalue weighted by atomic mass is 16.5. The summed E-state index contributed by atoms with van der Waals surface area (Å²) >= 11 is 0. The van der Waals surface area contributed by atoms with Gasteiger partial charge in [0.2, 0.25) is 0 Å². The van der Waals surface area contributed by atoms with E-state index in [4.69, 9.17) is 10.5 Å². The van der Waals surface area contributed by atoms with Crippen LogP contribution in [0.5, 0.6) is 0 Å². The number of dihydropyridines is 1. The molecule has 0 aromatic heterocycles. The molecule has 1 saturated heterocycles. The number of rotatable bonds is 12. The molecule has 2 heterocycles. The first-order chi connectivity index (χ1) is 32.5. The largest absolute Gasteiger partial charge is 0.396 e. The third kappa shape index (κ3) is 7.63. The number of hydrogen-bond donors (Lipinski definition) is 10. The van der Waals surface area contributed by atoms with Crippen LogP contribution >= 0.6 is 0 Å². The summed E-state index contributed by atoms with van der Waals surface area (Å²) < 4.78 is 7.22. The second kappa shape index (κ2) is 18.7. The first-order valence-electron chi connectivity index (χ1n) is 27.7. The molecule has 2 aliphatic heterocycles. The fourth-order valence-electron chi connectivity index (χ4n) is 18.4. The number of carbonyl (C=O) groups excluding carboxylic acids is 1. The van der Waals surface area contributed by atoms with Crippen molar-refractivity contribution in [3.05, 3.63) is 46.8 Å². The summed E-state index contributed by atoms with van der Waals surface area (Å²) in [5.74, 6) is -1.01. The van der Waals surface area contributed by atoms with Crippen LogP contribution in [-0.2, 0) is 9.53 Å². The van der Waals surface area contributed by atoms with Crippen LogP contribution in [-0.4, -0.2) is 108 Å². The maximum absolute atomic E-state index is 15.8. The summed E-state index contributed by atoms with van der Waals surface area (Å²) in [5, 5.41) is 93.5. The van der Waals surface area contributed by atoms with E-state index in [1.165, 1.54) is 19.3 Å². The fourth-order valence-corrected chi connectivity index (χ4v) is 18.4. The van der Waals surface area contributed by atoms with E-state index < -0.39 is 69.8 Å². The highest BCUT2D eigenvalue weighted by Gasteiger charge is 2.78. The Labute approximate surface area is 405 Å². The Kier molecular flexibility index (Phi) is 13.6. The van der Waals surface area contributed by atoms with Crippen molar-refractivity contribution in [3.63, 3.8) is 0 Å². The van der Waals surface area contributed by atoms with Gasteiger partial charge in [0.05, 0.1) is 53.6 Å². The Hall–Kier alpha value is -2.13. The SMILES string of the molecule is CCCC1CCC2OC3C(CCCCC3(O)C(C)(O)C3CCC4(O)C5=C(NCC(C)O)C(=O)C6CC(O)C(O)CC67CC(C6=C(CCCO)NC(N)C=C6)C=CC(CC34C3CCCC3)C57)C2CC1. The Morgan fingerprint density at radius 3 is 2.46 bits per heavy atom. The minimum atomic E-state index is -1.66. The van der Waals surface area contributed by atoms with Crippen LogP contribution in [0.15, 0.2) is 46.8 Å². The van der Waals surface area contributed by atoms with Gasteiger partial charge in [0, 0.05) is 36.1 Å². The average molecular weight is 946 g/mol. The number of ether oxygens (including phenoxy) is 1. The zero-order valence-electron chi connectivity index (χ0n) is 41.5. The smallest absolute Gasteiger partial charge is 0.182 e. The van der Waals surface area contributed by atoms with E-state index in [0.717, 1.165) is 75.5 Å². The van der Waals surface area contributed by atoms with E-state index >= 15 is 4.79 Å². The van der Waals surface area contributed by atoms with Gasteiger partial charge < -0.3 is 56.8 Å². The molecular weight excluding hydrogens is 859 g/mol. The van der Waals surface area contributed by atoms with Crippen LogP contribution in [0.3, 0.4) is 0 Å². The molecule has 0 radical (unpaired) electrons. The molecule has 0 amide bonds. The summed E-state index contributed by atoms with van der Waals surface area (Å²) in [5.41, 5.74) is 2.82. The lowest BCUT2D eigenvalue weighted by atomic mass is 9.39. The van der Waals surface area contributed by atoms with Crippen molar-refractivity contribution in [2.75, 3.05) is 13.2 Å². The van der Waals surface area contributed by atoms with Gasteiger partial charge in [-0.25, -0.2) is 0 Å². The number of aliphatic hydroxyl groups is 7. The van der Waals surface area contributed by atoms with Gasteiger partial charge in [-0.05, 0) is 174 Å². The molecule has 380 valence electrons. The summed E-state index contributed by atoms with van der Waals surface area (Å²) in [4.78, 5) is 15.8. The number of fused-ring (bicyclic) bond motifs is 5. The molecule has 12 heteroatoms. The van der Waals surface area contributed by atoms with Gasteiger partial charge in [-0.1, -0.05) is 70.1 Å². The number of nitrogens with one attached hydrogen (secondary N) is 2. The normalized spacial score (nSPS) is 47.2. The zero-order valence-corrected chi connectivity index (χ0v) is 41.5. The molecule has 7 fully saturated rings. The number of allylic oxidation sites excluding steroid dienone is 6. The van der Waals surface area contributed by atoms with Crippen molar-refractivity contribution in [2.45, 2.75) is 216 Å². The third-order valence-electron chi connectivity index (χ3n) is 21.2. The van der Waals surface area contributed by atoms with Gasteiger partial charge in [0.25, 0.3) is 0 Å². The van der Waals surface area contributed by atoms with Gasteiger partial charge in [0.15, 0.2) is 5.78 Å². The molecule has 0 aromatic rings. The van der Waals surface area contributed by atoms with Crippen molar-refractivity contribution >= 4 is 5.78 Å². The zero-order chi connectivity index (χ0) is 48.0. The van der Waals surface area contributed by atoms with Gasteiger partial charge in [-0.15, -0.1) is 0 Å². The number of hydrogen-bond acceptors (Lipinski definition) is 12. The topological polar surface area (TPSA) is 218 Å². The monoisotopic (exact) mass is 946 g/mol. The summed E-state index contributed by atoms with van der Waals surface area (Å²) in [6, 6.07) is 0. The molecule has 0 bridgehead atoms. The van der Waals surface area contributed by atoms with Crippen molar-refractivity contribution in [1.29, 1.82) is 0 Å². The predicted octanol–water partition coefficient (Wildman–Crippen LogP) is 5.96. The molecule has 8 aliphatic carbocycles. The second-order valence-electron chi connectivity index (χ2n) is 24.6. The van der Waals surface area contributed by atoms with Gasteiger partial charge in [-0.3, -0.25) is 4.79 Å². The Bertz CT molecular complexity index is 2010. The van der Waals surface area contributed by atoms with E-state index in [1.807, 2.05) is 13.0 Å². The minimum absolute atomic E-state index is 0.00366. The molecule has 0 aromatic carbocycles. The van der Waals surface area contributed by atoms with E-state index in [-0.39, 0.29) is 67.7 Å². The van der Waals surface area contributed by atoms with Crippen LogP contribution in [0.4, 0.5) is 0 Å². The lowest BCUT2D eigenvalue weighted by molar-refractivity contribution is -0.263. The van der Waals surface area contributed by atoms with Crippen LogP contribution in [0.25, 0.3) is 0 Å². The van der Waals surface area contributed by atoms with E-state index in [0.29, 0.717) is 68.1 Å². The van der Waals surface area contributed by atoms with Gasteiger partial charge >= 0.3 is 0 Å². The maximum Gasteiger partial charge on any atom is 0.182 e. The number of carbonyl (C=O) groups is 1. The summed E-state index contributed by atoms with van der Waals surface area (Å²) in [6.07, 6.45) is 21.8. The van der Waals surface area contributed by atoms with Gasteiger partial charge in [0.1, 0.15) is 5.60 Å². The number of Topliss-reactive ketones (excluding diaryl/α,β-unsaturated/α-hetero) is 1. The van der Waals surface area contributed by atoms with Crippen LogP contribution in [0.2, 0.25) is 0 Å². The molecule has 11 N–H and O–H groups in total. The van der Waals surface area contributed by atoms with Gasteiger partial charge in [-0.2, -0.15) is 0 Å². The molecule has 68 heavy (non-hydrogen) atoms. The van der Waals surface area contributed by atoms with Crippen molar-refractivity contribution in [3.8, 4) is 0 Å². The summed E-state index contributed by atoms with van der Waals surface area (Å²) in [7, 11) is 0. The Morgan fingerprint density at radius 1 is 0.941 bits per heavy atom. The number of aliphatic hydroxyl groups excluding tert-OH is 4. The molecule has 10 rings (SSSR count). The minimum Gasteiger partial charge on any atom is -0.396 e. The predicted molar refractivity (Wildman–Crippen MR) is 260 cm³/mol. The van der Waals surface area contributed by atoms with Crippen LogP contribution in [0.1, 0.15) is 162 Å². The molecule has 19 unspecified atom stereocenters. The molecule has 12 nitrogen and oxygen atoms in total. The van der Waals surface area contributed by atoms with Crippen molar-refractivity contribution in [1.82, 2.24) is 10.6 Å². The molecule has 19 atom stereocenters. The highest BCUT2D eigenvalue weighted by molar-refractivity contribution is 6.00. The van der Waals surface area contributed by atoms with Crippen molar-refractivity contribution < 1.29 is 45.3 Å². The number of nitrogens with two attached hydrogens (primary N) is 1. The molecule has 10 aliphatic rings.